The summed E-state index contributed by atoms with van der Waals surface area (Å²) in [5, 5.41) is 48.2. The third-order valence-corrected chi connectivity index (χ3v) is 4.36. The normalized spacial score (nSPS) is 27.1. The van der Waals surface area contributed by atoms with Crippen molar-refractivity contribution in [3.05, 3.63) is 35.9 Å². The Balaban J connectivity index is 1.96. The topological polar surface area (TPSA) is 172 Å². The van der Waals surface area contributed by atoms with Gasteiger partial charge < -0.3 is 44.5 Å². The van der Waals surface area contributed by atoms with E-state index in [0.717, 1.165) is 13.0 Å². The van der Waals surface area contributed by atoms with Crippen molar-refractivity contribution in [2.24, 2.45) is 0 Å². The molecule has 6 unspecified atom stereocenters. The van der Waals surface area contributed by atoms with Gasteiger partial charge in [-0.15, -0.1) is 0 Å². The van der Waals surface area contributed by atoms with Gasteiger partial charge in [0.05, 0.1) is 6.61 Å². The number of benzene rings is 1. The van der Waals surface area contributed by atoms with E-state index in [1.54, 1.807) is 12.1 Å². The van der Waals surface area contributed by atoms with Crippen molar-refractivity contribution < 1.29 is 54.1 Å². The van der Waals surface area contributed by atoms with Crippen molar-refractivity contribution in [3.63, 3.8) is 0 Å². The molecule has 0 spiro atoms. The van der Waals surface area contributed by atoms with E-state index in [9.17, 15) is 35.1 Å². The molecule has 0 aliphatic carbocycles. The first-order valence-corrected chi connectivity index (χ1v) is 9.44. The number of ether oxygens (including phenoxy) is 4. The van der Waals surface area contributed by atoms with Gasteiger partial charge in [-0.1, -0.05) is 12.1 Å². The minimum absolute atomic E-state index is 0.0818. The van der Waals surface area contributed by atoms with Gasteiger partial charge in [-0.05, 0) is 23.8 Å². The van der Waals surface area contributed by atoms with Crippen LogP contribution in [0.25, 0.3) is 6.08 Å². The largest absolute Gasteiger partial charge is 0.508 e. The standard InChI is InChI=1S/C20H26O11/c1-11(22)28-9-14(30-20-19(27)18(26)17(25)15(8-21)31-20)10-29-16(24)7-4-12-2-5-13(23)6-3-12/h2-7,14-15,17-21,23,25-27H,8-10H2,1H3/b7-4+. The molecule has 5 N–H and O–H groups in total. The average molecular weight is 442 g/mol. The molecule has 1 fully saturated rings. The first-order valence-electron chi connectivity index (χ1n) is 9.44. The minimum atomic E-state index is -1.66. The third kappa shape index (κ3) is 7.58. The van der Waals surface area contributed by atoms with Gasteiger partial charge in [0.25, 0.3) is 0 Å². The molecule has 1 aromatic rings. The highest BCUT2D eigenvalue weighted by Crippen LogP contribution is 2.23. The van der Waals surface area contributed by atoms with Crippen molar-refractivity contribution in [2.75, 3.05) is 19.8 Å². The first-order chi connectivity index (χ1) is 14.7. The first kappa shape index (κ1) is 24.7. The van der Waals surface area contributed by atoms with Gasteiger partial charge in [-0.3, -0.25) is 4.79 Å². The lowest BCUT2D eigenvalue weighted by Gasteiger charge is -2.40. The fraction of sp³-hybridized carbons (Fsp3) is 0.500. The third-order valence-electron chi connectivity index (χ3n) is 4.36. The molecular weight excluding hydrogens is 416 g/mol. The molecule has 1 aliphatic heterocycles. The number of phenolic OH excluding ortho intramolecular Hbond substituents is 1. The van der Waals surface area contributed by atoms with Gasteiger partial charge in [0, 0.05) is 13.0 Å². The Morgan fingerprint density at radius 3 is 2.32 bits per heavy atom. The molecule has 1 heterocycles. The van der Waals surface area contributed by atoms with Crippen LogP contribution in [0.1, 0.15) is 12.5 Å². The van der Waals surface area contributed by atoms with Crippen LogP contribution in [0.4, 0.5) is 0 Å². The molecule has 11 heteroatoms. The van der Waals surface area contributed by atoms with Crippen LogP contribution in [0.2, 0.25) is 0 Å². The quantitative estimate of drug-likeness (QED) is 0.227. The Morgan fingerprint density at radius 1 is 1.06 bits per heavy atom. The number of aromatic hydroxyl groups is 1. The molecule has 0 amide bonds. The molecule has 2 rings (SSSR count). The zero-order valence-corrected chi connectivity index (χ0v) is 16.7. The number of carbonyl (C=O) groups is 2. The number of rotatable bonds is 9. The highest BCUT2D eigenvalue weighted by Gasteiger charge is 2.45. The maximum Gasteiger partial charge on any atom is 0.330 e. The molecule has 1 aromatic carbocycles. The fourth-order valence-electron chi connectivity index (χ4n) is 2.68. The maximum absolute atomic E-state index is 12.0. The second-order valence-electron chi connectivity index (χ2n) is 6.81. The predicted molar refractivity (Wildman–Crippen MR) is 103 cm³/mol. The molecule has 6 atom stereocenters. The highest BCUT2D eigenvalue weighted by atomic mass is 16.7. The Hall–Kier alpha value is -2.54. The number of aliphatic hydroxyl groups is 4. The smallest absolute Gasteiger partial charge is 0.330 e. The van der Waals surface area contributed by atoms with Gasteiger partial charge >= 0.3 is 11.9 Å². The molecule has 172 valence electrons. The van der Waals surface area contributed by atoms with Gasteiger partial charge in [-0.2, -0.15) is 0 Å². The lowest BCUT2D eigenvalue weighted by molar-refractivity contribution is -0.315. The Bertz CT molecular complexity index is 746. The zero-order valence-electron chi connectivity index (χ0n) is 16.7. The van der Waals surface area contributed by atoms with Crippen LogP contribution in [-0.4, -0.2) is 94.1 Å². The summed E-state index contributed by atoms with van der Waals surface area (Å²) >= 11 is 0. The van der Waals surface area contributed by atoms with Gasteiger partial charge in [0.15, 0.2) is 6.29 Å². The Morgan fingerprint density at radius 2 is 1.71 bits per heavy atom. The Labute approximate surface area is 178 Å². The SMILES string of the molecule is CC(=O)OCC(COC(=O)/C=C/c1ccc(O)cc1)OC1OC(CO)C(O)C(O)C1O. The van der Waals surface area contributed by atoms with Crippen molar-refractivity contribution in [3.8, 4) is 5.75 Å². The lowest BCUT2D eigenvalue weighted by Crippen LogP contribution is -2.60. The number of esters is 2. The van der Waals surface area contributed by atoms with E-state index in [1.807, 2.05) is 0 Å². The van der Waals surface area contributed by atoms with Crippen molar-refractivity contribution in [2.45, 2.75) is 43.7 Å². The van der Waals surface area contributed by atoms with Crippen LogP contribution in [-0.2, 0) is 28.5 Å². The second kappa shape index (κ2) is 11.7. The predicted octanol–water partition coefficient (Wildman–Crippen LogP) is -1.30. The lowest BCUT2D eigenvalue weighted by atomic mass is 9.99. The van der Waals surface area contributed by atoms with Crippen molar-refractivity contribution in [1.82, 2.24) is 0 Å². The summed E-state index contributed by atoms with van der Waals surface area (Å²) in [7, 11) is 0. The van der Waals surface area contributed by atoms with E-state index in [1.165, 1.54) is 18.2 Å². The molecule has 0 saturated carbocycles. The Kier molecular flexibility index (Phi) is 9.37. The highest BCUT2D eigenvalue weighted by molar-refractivity contribution is 5.87. The molecular formula is C20H26O11. The minimum Gasteiger partial charge on any atom is -0.508 e. The van der Waals surface area contributed by atoms with Crippen LogP contribution in [0, 0.1) is 0 Å². The maximum atomic E-state index is 12.0. The number of carbonyl (C=O) groups excluding carboxylic acids is 2. The zero-order chi connectivity index (χ0) is 23.0. The average Bonchev–Trinajstić information content (AvgIpc) is 2.75. The van der Waals surface area contributed by atoms with E-state index in [2.05, 4.69) is 0 Å². The van der Waals surface area contributed by atoms with E-state index in [-0.39, 0.29) is 19.0 Å². The van der Waals surface area contributed by atoms with Crippen molar-refractivity contribution >= 4 is 18.0 Å². The molecule has 0 aromatic heterocycles. The number of hydrogen-bond acceptors (Lipinski definition) is 11. The van der Waals surface area contributed by atoms with Gasteiger partial charge in [0.1, 0.15) is 49.5 Å². The van der Waals surface area contributed by atoms with Crippen LogP contribution in [0.3, 0.4) is 0 Å². The summed E-state index contributed by atoms with van der Waals surface area (Å²) < 4.78 is 20.6. The van der Waals surface area contributed by atoms with Crippen LogP contribution >= 0.6 is 0 Å². The summed E-state index contributed by atoms with van der Waals surface area (Å²) in [6, 6.07) is 6.08. The van der Waals surface area contributed by atoms with Crippen molar-refractivity contribution in [1.29, 1.82) is 0 Å². The van der Waals surface area contributed by atoms with E-state index in [4.69, 9.17) is 18.9 Å². The van der Waals surface area contributed by atoms with E-state index in [0.29, 0.717) is 5.56 Å². The fourth-order valence-corrected chi connectivity index (χ4v) is 2.68. The summed E-state index contributed by atoms with van der Waals surface area (Å²) in [6.07, 6.45) is -6.02. The second-order valence-corrected chi connectivity index (χ2v) is 6.81. The van der Waals surface area contributed by atoms with Gasteiger partial charge in [-0.25, -0.2) is 4.79 Å². The van der Waals surface area contributed by atoms with Crippen LogP contribution in [0.15, 0.2) is 30.3 Å². The molecule has 1 aliphatic rings. The number of phenols is 1. The van der Waals surface area contributed by atoms with Crippen LogP contribution in [0.5, 0.6) is 5.75 Å². The number of aliphatic hydroxyl groups excluding tert-OH is 4. The molecule has 0 radical (unpaired) electrons. The van der Waals surface area contributed by atoms with E-state index >= 15 is 0 Å². The summed E-state index contributed by atoms with van der Waals surface area (Å²) in [4.78, 5) is 23.1. The summed E-state index contributed by atoms with van der Waals surface area (Å²) in [6.45, 7) is -0.214. The van der Waals surface area contributed by atoms with Crippen LogP contribution < -0.4 is 0 Å². The van der Waals surface area contributed by atoms with E-state index < -0.39 is 55.4 Å². The molecule has 11 nitrogen and oxygen atoms in total. The monoisotopic (exact) mass is 442 g/mol. The summed E-state index contributed by atoms with van der Waals surface area (Å²) in [5.74, 6) is -1.28. The summed E-state index contributed by atoms with van der Waals surface area (Å²) in [5.41, 5.74) is 0.642. The van der Waals surface area contributed by atoms with Gasteiger partial charge in [0.2, 0.25) is 0 Å². The number of hydrogen-bond donors (Lipinski definition) is 5. The molecule has 1 saturated heterocycles. The molecule has 0 bridgehead atoms. The molecule has 31 heavy (non-hydrogen) atoms.